The minimum atomic E-state index is -0.192. The van der Waals surface area contributed by atoms with Gasteiger partial charge < -0.3 is 20.3 Å². The van der Waals surface area contributed by atoms with Crippen molar-refractivity contribution < 1.29 is 14.3 Å². The third kappa shape index (κ3) is 5.22. The predicted octanol–water partition coefficient (Wildman–Crippen LogP) is 2.92. The van der Waals surface area contributed by atoms with Crippen LogP contribution in [0, 0.1) is 19.8 Å². The zero-order chi connectivity index (χ0) is 21.0. The van der Waals surface area contributed by atoms with Crippen molar-refractivity contribution in [3.05, 3.63) is 35.7 Å². The van der Waals surface area contributed by atoms with Crippen molar-refractivity contribution in [2.45, 2.75) is 33.6 Å². The fourth-order valence-electron chi connectivity index (χ4n) is 3.54. The number of anilines is 3. The van der Waals surface area contributed by atoms with E-state index >= 15 is 0 Å². The zero-order valence-corrected chi connectivity index (χ0v) is 17.3. The van der Waals surface area contributed by atoms with Gasteiger partial charge in [-0.05, 0) is 51.0 Å². The minimum Gasteiger partial charge on any atom is -0.495 e. The van der Waals surface area contributed by atoms with Gasteiger partial charge in [0.15, 0.2) is 0 Å². The van der Waals surface area contributed by atoms with Gasteiger partial charge in [0.2, 0.25) is 17.8 Å². The normalized spacial score (nSPS) is 16.3. The summed E-state index contributed by atoms with van der Waals surface area (Å²) in [6.45, 7) is 6.71. The Balaban J connectivity index is 1.74. The monoisotopic (exact) mass is 397 g/mol. The van der Waals surface area contributed by atoms with Gasteiger partial charge in [0.1, 0.15) is 5.75 Å². The number of carbonyl (C=O) groups is 2. The second kappa shape index (κ2) is 8.89. The molecule has 1 saturated heterocycles. The van der Waals surface area contributed by atoms with E-state index in [1.54, 1.807) is 25.3 Å². The highest BCUT2D eigenvalue weighted by atomic mass is 16.5. The van der Waals surface area contributed by atoms with E-state index in [9.17, 15) is 9.59 Å². The standard InChI is InChI=1S/C21H27N5O3/c1-13-10-14(2)23-21(22-13)26-9-5-6-16(12-26)20(28)25-18-11-17(24-15(3)27)7-8-19(18)29-4/h7-8,10-11,16H,5-6,9,12H2,1-4H3,(H,24,27)(H,25,28). The van der Waals surface area contributed by atoms with Crippen LogP contribution in [-0.2, 0) is 9.59 Å². The number of amides is 2. The summed E-state index contributed by atoms with van der Waals surface area (Å²) in [4.78, 5) is 35.4. The SMILES string of the molecule is COc1ccc(NC(C)=O)cc1NC(=O)C1CCCN(c2nc(C)cc(C)n2)C1. The van der Waals surface area contributed by atoms with Crippen molar-refractivity contribution in [3.8, 4) is 5.75 Å². The summed E-state index contributed by atoms with van der Waals surface area (Å²) in [7, 11) is 1.54. The molecule has 29 heavy (non-hydrogen) atoms. The molecule has 0 saturated carbocycles. The molecule has 8 nitrogen and oxygen atoms in total. The smallest absolute Gasteiger partial charge is 0.229 e. The molecule has 0 radical (unpaired) electrons. The van der Waals surface area contributed by atoms with Crippen molar-refractivity contribution in [1.29, 1.82) is 0 Å². The number of rotatable bonds is 5. The highest BCUT2D eigenvalue weighted by molar-refractivity contribution is 5.96. The molecule has 154 valence electrons. The van der Waals surface area contributed by atoms with Crippen LogP contribution in [0.25, 0.3) is 0 Å². The Morgan fingerprint density at radius 2 is 1.86 bits per heavy atom. The second-order valence-electron chi connectivity index (χ2n) is 7.32. The largest absolute Gasteiger partial charge is 0.495 e. The molecule has 1 atom stereocenters. The number of nitrogens with one attached hydrogen (secondary N) is 2. The molecule has 8 heteroatoms. The maximum Gasteiger partial charge on any atom is 0.229 e. The number of methoxy groups -OCH3 is 1. The Hall–Kier alpha value is -3.16. The summed E-state index contributed by atoms with van der Waals surface area (Å²) in [6, 6.07) is 7.09. The first kappa shape index (κ1) is 20.6. The van der Waals surface area contributed by atoms with Gasteiger partial charge >= 0.3 is 0 Å². The average Bonchev–Trinajstić information content (AvgIpc) is 2.67. The van der Waals surface area contributed by atoms with Crippen molar-refractivity contribution in [1.82, 2.24) is 9.97 Å². The number of aryl methyl sites for hydroxylation is 2. The molecule has 1 unspecified atom stereocenters. The van der Waals surface area contributed by atoms with Crippen LogP contribution in [-0.4, -0.2) is 42.0 Å². The van der Waals surface area contributed by atoms with Crippen molar-refractivity contribution >= 4 is 29.1 Å². The second-order valence-corrected chi connectivity index (χ2v) is 7.32. The molecule has 2 N–H and O–H groups in total. The van der Waals surface area contributed by atoms with E-state index in [1.807, 2.05) is 19.9 Å². The molecule has 0 spiro atoms. The van der Waals surface area contributed by atoms with Gasteiger partial charge in [-0.2, -0.15) is 0 Å². The first-order chi connectivity index (χ1) is 13.9. The van der Waals surface area contributed by atoms with E-state index in [-0.39, 0.29) is 17.7 Å². The Labute approximate surface area is 170 Å². The molecular weight excluding hydrogens is 370 g/mol. The Morgan fingerprint density at radius 3 is 2.52 bits per heavy atom. The Kier molecular flexibility index (Phi) is 6.31. The highest BCUT2D eigenvalue weighted by Gasteiger charge is 2.28. The summed E-state index contributed by atoms with van der Waals surface area (Å²) in [6.07, 6.45) is 1.68. The van der Waals surface area contributed by atoms with E-state index < -0.39 is 0 Å². The fraction of sp³-hybridized carbons (Fsp3) is 0.429. The van der Waals surface area contributed by atoms with E-state index in [4.69, 9.17) is 4.74 Å². The van der Waals surface area contributed by atoms with Crippen molar-refractivity contribution in [2.75, 3.05) is 35.7 Å². The van der Waals surface area contributed by atoms with Gasteiger partial charge in [-0.3, -0.25) is 9.59 Å². The number of piperidine rings is 1. The van der Waals surface area contributed by atoms with Crippen LogP contribution in [0.5, 0.6) is 5.75 Å². The lowest BCUT2D eigenvalue weighted by atomic mass is 9.97. The van der Waals surface area contributed by atoms with Crippen molar-refractivity contribution in [2.24, 2.45) is 5.92 Å². The summed E-state index contributed by atoms with van der Waals surface area (Å²) in [5, 5.41) is 5.67. The van der Waals surface area contributed by atoms with E-state index in [0.717, 1.165) is 30.8 Å². The van der Waals surface area contributed by atoms with Crippen LogP contribution in [0.4, 0.5) is 17.3 Å². The molecule has 2 aromatic rings. The van der Waals surface area contributed by atoms with Crippen molar-refractivity contribution in [3.63, 3.8) is 0 Å². The molecule has 2 amide bonds. The number of aromatic nitrogens is 2. The Morgan fingerprint density at radius 1 is 1.14 bits per heavy atom. The molecule has 1 aromatic heterocycles. The van der Waals surface area contributed by atoms with Crippen LogP contribution in [0.2, 0.25) is 0 Å². The van der Waals surface area contributed by atoms with E-state index in [0.29, 0.717) is 29.6 Å². The number of ether oxygens (including phenoxy) is 1. The van der Waals surface area contributed by atoms with Crippen LogP contribution < -0.4 is 20.3 Å². The number of hydrogen-bond acceptors (Lipinski definition) is 6. The van der Waals surface area contributed by atoms with Crippen LogP contribution in [0.1, 0.15) is 31.2 Å². The molecule has 1 fully saturated rings. The van der Waals surface area contributed by atoms with Crippen LogP contribution in [0.15, 0.2) is 24.3 Å². The van der Waals surface area contributed by atoms with E-state index in [1.165, 1.54) is 6.92 Å². The molecule has 1 aromatic carbocycles. The number of carbonyl (C=O) groups excluding carboxylic acids is 2. The predicted molar refractivity (Wildman–Crippen MR) is 112 cm³/mol. The lowest BCUT2D eigenvalue weighted by Gasteiger charge is -2.32. The van der Waals surface area contributed by atoms with Gasteiger partial charge in [0.05, 0.1) is 18.7 Å². The van der Waals surface area contributed by atoms with Gasteiger partial charge in [-0.25, -0.2) is 9.97 Å². The van der Waals surface area contributed by atoms with Gasteiger partial charge in [-0.1, -0.05) is 0 Å². The summed E-state index contributed by atoms with van der Waals surface area (Å²) >= 11 is 0. The summed E-state index contributed by atoms with van der Waals surface area (Å²) < 4.78 is 5.35. The average molecular weight is 397 g/mol. The van der Waals surface area contributed by atoms with Gasteiger partial charge in [0.25, 0.3) is 0 Å². The van der Waals surface area contributed by atoms with Crippen LogP contribution in [0.3, 0.4) is 0 Å². The highest BCUT2D eigenvalue weighted by Crippen LogP contribution is 2.29. The molecular formula is C21H27N5O3. The van der Waals surface area contributed by atoms with Crippen LogP contribution >= 0.6 is 0 Å². The van der Waals surface area contributed by atoms with Gasteiger partial charge in [-0.15, -0.1) is 0 Å². The maximum absolute atomic E-state index is 13.0. The first-order valence-corrected chi connectivity index (χ1v) is 9.69. The molecule has 0 bridgehead atoms. The topological polar surface area (TPSA) is 96.5 Å². The third-order valence-electron chi connectivity index (χ3n) is 4.82. The fourth-order valence-corrected chi connectivity index (χ4v) is 3.54. The lowest BCUT2D eigenvalue weighted by molar-refractivity contribution is -0.120. The minimum absolute atomic E-state index is 0.0858. The zero-order valence-electron chi connectivity index (χ0n) is 17.3. The molecule has 2 heterocycles. The Bertz CT molecular complexity index is 895. The quantitative estimate of drug-likeness (QED) is 0.805. The lowest BCUT2D eigenvalue weighted by Crippen LogP contribution is -2.41. The van der Waals surface area contributed by atoms with E-state index in [2.05, 4.69) is 25.5 Å². The molecule has 1 aliphatic heterocycles. The third-order valence-corrected chi connectivity index (χ3v) is 4.82. The summed E-state index contributed by atoms with van der Waals surface area (Å²) in [5.41, 5.74) is 2.96. The maximum atomic E-state index is 13.0. The molecule has 0 aliphatic carbocycles. The number of hydrogen-bond donors (Lipinski definition) is 2. The first-order valence-electron chi connectivity index (χ1n) is 9.69. The number of nitrogens with zero attached hydrogens (tertiary/aromatic N) is 3. The molecule has 1 aliphatic rings. The number of benzene rings is 1. The summed E-state index contributed by atoms with van der Waals surface area (Å²) in [5.74, 6) is 0.756. The molecule has 3 rings (SSSR count). The van der Waals surface area contributed by atoms with Gasteiger partial charge in [0, 0.05) is 37.1 Å².